The maximum atomic E-state index is 12.1. The summed E-state index contributed by atoms with van der Waals surface area (Å²) >= 11 is 0. The van der Waals surface area contributed by atoms with Gasteiger partial charge in [0.2, 0.25) is 5.91 Å². The van der Waals surface area contributed by atoms with Gasteiger partial charge in [0, 0.05) is 6.42 Å². The third-order valence-corrected chi connectivity index (χ3v) is 3.94. The number of ether oxygens (including phenoxy) is 3. The topological polar surface area (TPSA) is 85.9 Å². The van der Waals surface area contributed by atoms with E-state index in [2.05, 4.69) is 10.9 Å². The molecule has 0 fully saturated rings. The fourth-order valence-corrected chi connectivity index (χ4v) is 2.38. The van der Waals surface area contributed by atoms with E-state index in [4.69, 9.17) is 14.2 Å². The Hall–Kier alpha value is -3.22. The van der Waals surface area contributed by atoms with Crippen LogP contribution < -0.4 is 25.1 Å². The third-order valence-electron chi connectivity index (χ3n) is 3.94. The summed E-state index contributed by atoms with van der Waals surface area (Å²) in [6.45, 7) is 4.09. The van der Waals surface area contributed by atoms with Crippen molar-refractivity contribution < 1.29 is 23.8 Å². The molecule has 7 heteroatoms. The molecule has 0 saturated heterocycles. The molecule has 2 aromatic rings. The SMILES string of the molecule is CCOc1ccc(OC(C)C(=O)NNC(=O)CCc2ccc(OC)cc2)cc1. The highest BCUT2D eigenvalue weighted by Gasteiger charge is 2.15. The highest BCUT2D eigenvalue weighted by atomic mass is 16.5. The van der Waals surface area contributed by atoms with Crippen molar-refractivity contribution in [1.29, 1.82) is 0 Å². The molecule has 0 radical (unpaired) electrons. The second-order valence-electron chi connectivity index (χ2n) is 6.05. The largest absolute Gasteiger partial charge is 0.497 e. The molecule has 28 heavy (non-hydrogen) atoms. The molecule has 2 N–H and O–H groups in total. The number of carbonyl (C=O) groups is 2. The number of carbonyl (C=O) groups excluding carboxylic acids is 2. The Morgan fingerprint density at radius 2 is 1.54 bits per heavy atom. The molecule has 0 aliphatic rings. The van der Waals surface area contributed by atoms with Crippen LogP contribution in [0.15, 0.2) is 48.5 Å². The number of rotatable bonds is 9. The number of hydrazine groups is 1. The van der Waals surface area contributed by atoms with Gasteiger partial charge in [0.05, 0.1) is 13.7 Å². The summed E-state index contributed by atoms with van der Waals surface area (Å²) in [5, 5.41) is 0. The first-order chi connectivity index (χ1) is 13.5. The van der Waals surface area contributed by atoms with Crippen LogP contribution in [0.2, 0.25) is 0 Å². The molecule has 1 atom stereocenters. The van der Waals surface area contributed by atoms with Crippen molar-refractivity contribution in [3.63, 3.8) is 0 Å². The van der Waals surface area contributed by atoms with Gasteiger partial charge in [0.15, 0.2) is 6.10 Å². The van der Waals surface area contributed by atoms with Crippen LogP contribution in [0.3, 0.4) is 0 Å². The quantitative estimate of drug-likeness (QED) is 0.647. The van der Waals surface area contributed by atoms with E-state index in [1.807, 2.05) is 31.2 Å². The summed E-state index contributed by atoms with van der Waals surface area (Å²) in [7, 11) is 1.60. The summed E-state index contributed by atoms with van der Waals surface area (Å²) in [5.41, 5.74) is 5.79. The van der Waals surface area contributed by atoms with E-state index < -0.39 is 12.0 Å². The van der Waals surface area contributed by atoms with Gasteiger partial charge in [0.1, 0.15) is 17.2 Å². The monoisotopic (exact) mass is 386 g/mol. The fourth-order valence-electron chi connectivity index (χ4n) is 2.38. The zero-order valence-electron chi connectivity index (χ0n) is 16.4. The summed E-state index contributed by atoms with van der Waals surface area (Å²) in [5.74, 6) is 1.32. The molecule has 1 unspecified atom stereocenters. The summed E-state index contributed by atoms with van der Waals surface area (Å²) < 4.78 is 16.0. The molecular formula is C21H26N2O5. The van der Waals surface area contributed by atoms with Crippen LogP contribution in [-0.4, -0.2) is 31.6 Å². The lowest BCUT2D eigenvalue weighted by atomic mass is 10.1. The predicted octanol–water partition coefficient (Wildman–Crippen LogP) is 2.64. The average Bonchev–Trinajstić information content (AvgIpc) is 2.72. The van der Waals surface area contributed by atoms with Gasteiger partial charge < -0.3 is 14.2 Å². The van der Waals surface area contributed by atoms with Gasteiger partial charge in [-0.15, -0.1) is 0 Å². The van der Waals surface area contributed by atoms with Gasteiger partial charge in [-0.05, 0) is 62.2 Å². The summed E-state index contributed by atoms with van der Waals surface area (Å²) in [6.07, 6.45) is 0.0461. The molecule has 2 amide bonds. The first-order valence-corrected chi connectivity index (χ1v) is 9.13. The Kier molecular flexibility index (Phi) is 8.14. The van der Waals surface area contributed by atoms with Crippen LogP contribution in [0.25, 0.3) is 0 Å². The lowest BCUT2D eigenvalue weighted by molar-refractivity contribution is -0.132. The number of aryl methyl sites for hydroxylation is 1. The van der Waals surface area contributed by atoms with Gasteiger partial charge in [0.25, 0.3) is 5.91 Å². The first-order valence-electron chi connectivity index (χ1n) is 9.13. The Labute approximate surface area is 165 Å². The minimum Gasteiger partial charge on any atom is -0.497 e. The Bertz CT molecular complexity index is 759. The zero-order chi connectivity index (χ0) is 20.4. The Morgan fingerprint density at radius 3 is 2.14 bits per heavy atom. The van der Waals surface area contributed by atoms with Gasteiger partial charge in [-0.2, -0.15) is 0 Å². The molecule has 7 nitrogen and oxygen atoms in total. The molecule has 0 bridgehead atoms. The molecule has 2 rings (SSSR count). The molecule has 2 aromatic carbocycles. The lowest BCUT2D eigenvalue weighted by Crippen LogP contribution is -2.47. The van der Waals surface area contributed by atoms with Crippen LogP contribution in [0.5, 0.6) is 17.2 Å². The van der Waals surface area contributed by atoms with E-state index in [1.54, 1.807) is 38.3 Å². The summed E-state index contributed by atoms with van der Waals surface area (Å²) in [4.78, 5) is 24.0. The molecule has 0 aromatic heterocycles. The molecule has 0 heterocycles. The van der Waals surface area contributed by atoms with Crippen molar-refractivity contribution >= 4 is 11.8 Å². The number of nitrogens with one attached hydrogen (secondary N) is 2. The molecule has 0 aliphatic carbocycles. The summed E-state index contributed by atoms with van der Waals surface area (Å²) in [6, 6.07) is 14.5. The lowest BCUT2D eigenvalue weighted by Gasteiger charge is -2.15. The molecular weight excluding hydrogens is 360 g/mol. The van der Waals surface area contributed by atoms with Crippen LogP contribution in [0.4, 0.5) is 0 Å². The van der Waals surface area contributed by atoms with Crippen molar-refractivity contribution in [2.24, 2.45) is 0 Å². The molecule has 0 aliphatic heterocycles. The third kappa shape index (κ3) is 6.83. The molecule has 0 spiro atoms. The van der Waals surface area contributed by atoms with Crippen molar-refractivity contribution in [3.05, 3.63) is 54.1 Å². The van der Waals surface area contributed by atoms with E-state index in [0.717, 1.165) is 17.1 Å². The number of hydrogen-bond donors (Lipinski definition) is 2. The van der Waals surface area contributed by atoms with E-state index in [1.165, 1.54) is 0 Å². The molecule has 0 saturated carbocycles. The van der Waals surface area contributed by atoms with E-state index in [-0.39, 0.29) is 12.3 Å². The van der Waals surface area contributed by atoms with Gasteiger partial charge in [-0.25, -0.2) is 0 Å². The highest BCUT2D eigenvalue weighted by molar-refractivity contribution is 5.84. The Balaban J connectivity index is 1.71. The number of methoxy groups -OCH3 is 1. The highest BCUT2D eigenvalue weighted by Crippen LogP contribution is 2.18. The maximum Gasteiger partial charge on any atom is 0.279 e. The molecule has 150 valence electrons. The van der Waals surface area contributed by atoms with Crippen LogP contribution in [0.1, 0.15) is 25.8 Å². The second kappa shape index (κ2) is 10.8. The van der Waals surface area contributed by atoms with Crippen molar-refractivity contribution in [2.45, 2.75) is 32.8 Å². The predicted molar refractivity (Wildman–Crippen MR) is 105 cm³/mol. The van der Waals surface area contributed by atoms with Crippen LogP contribution in [-0.2, 0) is 16.0 Å². The van der Waals surface area contributed by atoms with Crippen molar-refractivity contribution in [3.8, 4) is 17.2 Å². The van der Waals surface area contributed by atoms with Crippen LogP contribution >= 0.6 is 0 Å². The van der Waals surface area contributed by atoms with E-state index in [9.17, 15) is 9.59 Å². The van der Waals surface area contributed by atoms with Gasteiger partial charge in [-0.1, -0.05) is 12.1 Å². The normalized spacial score (nSPS) is 11.2. The number of benzene rings is 2. The first kappa shape index (κ1) is 21.1. The van der Waals surface area contributed by atoms with Gasteiger partial charge >= 0.3 is 0 Å². The van der Waals surface area contributed by atoms with E-state index >= 15 is 0 Å². The van der Waals surface area contributed by atoms with Crippen molar-refractivity contribution in [1.82, 2.24) is 10.9 Å². The zero-order valence-corrected chi connectivity index (χ0v) is 16.4. The second-order valence-corrected chi connectivity index (χ2v) is 6.05. The fraction of sp³-hybridized carbons (Fsp3) is 0.333. The van der Waals surface area contributed by atoms with Gasteiger partial charge in [-0.3, -0.25) is 20.4 Å². The maximum absolute atomic E-state index is 12.1. The Morgan fingerprint density at radius 1 is 0.929 bits per heavy atom. The van der Waals surface area contributed by atoms with E-state index in [0.29, 0.717) is 18.8 Å². The number of amides is 2. The van der Waals surface area contributed by atoms with Crippen LogP contribution in [0, 0.1) is 0 Å². The average molecular weight is 386 g/mol. The standard InChI is InChI=1S/C21H26N2O5/c1-4-27-18-10-12-19(13-11-18)28-15(2)21(25)23-22-20(24)14-7-16-5-8-17(26-3)9-6-16/h5-6,8-13,15H,4,7,14H2,1-3H3,(H,22,24)(H,23,25). The number of hydrogen-bond acceptors (Lipinski definition) is 5. The van der Waals surface area contributed by atoms with Crippen molar-refractivity contribution in [2.75, 3.05) is 13.7 Å². The smallest absolute Gasteiger partial charge is 0.279 e. The minimum absolute atomic E-state index is 0.251. The minimum atomic E-state index is -0.764.